The Morgan fingerprint density at radius 2 is 1.81 bits per heavy atom. The summed E-state index contributed by atoms with van der Waals surface area (Å²) >= 11 is 0. The lowest BCUT2D eigenvalue weighted by Crippen LogP contribution is -2.50. The molecule has 0 radical (unpaired) electrons. The van der Waals surface area contributed by atoms with Gasteiger partial charge in [0.1, 0.15) is 12.4 Å². The van der Waals surface area contributed by atoms with Gasteiger partial charge in [0.15, 0.2) is 0 Å². The van der Waals surface area contributed by atoms with Gasteiger partial charge >= 0.3 is 0 Å². The van der Waals surface area contributed by atoms with E-state index in [2.05, 4.69) is 5.32 Å². The Morgan fingerprint density at radius 3 is 2.48 bits per heavy atom. The van der Waals surface area contributed by atoms with Crippen LogP contribution in [0.15, 0.2) is 48.5 Å². The van der Waals surface area contributed by atoms with Crippen LogP contribution in [0.5, 0.6) is 0 Å². The van der Waals surface area contributed by atoms with Crippen molar-refractivity contribution in [3.05, 3.63) is 71.0 Å². The van der Waals surface area contributed by atoms with Gasteiger partial charge in [-0.1, -0.05) is 29.8 Å². The average molecular weight is 369 g/mol. The Balaban J connectivity index is 1.79. The number of hydrogen-bond donors (Lipinski definition) is 1. The SMILES string of the molecule is Cc1cccc(CN(CC(=O)N2CCNCC2)C(=O)c2ccc(F)cc2)c1. The molecule has 2 aromatic carbocycles. The zero-order valence-corrected chi connectivity index (χ0v) is 15.5. The van der Waals surface area contributed by atoms with E-state index in [1.807, 2.05) is 31.2 Å². The monoisotopic (exact) mass is 369 g/mol. The second-order valence-electron chi connectivity index (χ2n) is 6.79. The number of carbonyl (C=O) groups is 2. The summed E-state index contributed by atoms with van der Waals surface area (Å²) in [5, 5.41) is 3.21. The van der Waals surface area contributed by atoms with Crippen molar-refractivity contribution in [2.45, 2.75) is 13.5 Å². The third-order valence-corrected chi connectivity index (χ3v) is 4.63. The summed E-state index contributed by atoms with van der Waals surface area (Å²) in [5.74, 6) is -0.742. The predicted molar refractivity (Wildman–Crippen MR) is 102 cm³/mol. The lowest BCUT2D eigenvalue weighted by atomic mass is 10.1. The van der Waals surface area contributed by atoms with Gasteiger partial charge in [-0.15, -0.1) is 0 Å². The maximum atomic E-state index is 13.2. The molecule has 1 heterocycles. The standard InChI is InChI=1S/C21H24FN3O2/c1-16-3-2-4-17(13-16)14-25(15-20(26)24-11-9-23-10-12-24)21(27)18-5-7-19(22)8-6-18/h2-8,13,23H,9-12,14-15H2,1H3. The number of benzene rings is 2. The zero-order valence-electron chi connectivity index (χ0n) is 15.5. The number of nitrogens with one attached hydrogen (secondary N) is 1. The fourth-order valence-electron chi connectivity index (χ4n) is 3.18. The van der Waals surface area contributed by atoms with Gasteiger partial charge in [0.2, 0.25) is 5.91 Å². The van der Waals surface area contributed by atoms with E-state index in [1.54, 1.807) is 4.90 Å². The van der Waals surface area contributed by atoms with Crippen LogP contribution in [0.3, 0.4) is 0 Å². The lowest BCUT2D eigenvalue weighted by Gasteiger charge is -2.30. The smallest absolute Gasteiger partial charge is 0.254 e. The van der Waals surface area contributed by atoms with Crippen LogP contribution in [-0.2, 0) is 11.3 Å². The Bertz CT molecular complexity index is 801. The molecule has 0 aromatic heterocycles. The zero-order chi connectivity index (χ0) is 19.2. The van der Waals surface area contributed by atoms with Gasteiger partial charge in [0.25, 0.3) is 5.91 Å². The van der Waals surface area contributed by atoms with Crippen molar-refractivity contribution in [3.63, 3.8) is 0 Å². The number of amides is 2. The number of aryl methyl sites for hydroxylation is 1. The van der Waals surface area contributed by atoms with Crippen LogP contribution in [0.4, 0.5) is 4.39 Å². The van der Waals surface area contributed by atoms with Gasteiger partial charge in [0, 0.05) is 38.3 Å². The molecule has 0 bridgehead atoms. The summed E-state index contributed by atoms with van der Waals surface area (Å²) < 4.78 is 13.2. The van der Waals surface area contributed by atoms with Crippen LogP contribution in [0.2, 0.25) is 0 Å². The molecule has 142 valence electrons. The van der Waals surface area contributed by atoms with E-state index in [0.29, 0.717) is 25.2 Å². The third-order valence-electron chi connectivity index (χ3n) is 4.63. The minimum absolute atomic E-state index is 0.00412. The van der Waals surface area contributed by atoms with Gasteiger partial charge < -0.3 is 15.1 Å². The van der Waals surface area contributed by atoms with Crippen molar-refractivity contribution in [3.8, 4) is 0 Å². The number of piperazine rings is 1. The lowest BCUT2D eigenvalue weighted by molar-refractivity contribution is -0.132. The highest BCUT2D eigenvalue weighted by Gasteiger charge is 2.23. The minimum atomic E-state index is -0.395. The second-order valence-corrected chi connectivity index (χ2v) is 6.79. The molecule has 3 rings (SSSR count). The molecule has 1 N–H and O–H groups in total. The first-order valence-electron chi connectivity index (χ1n) is 9.12. The third kappa shape index (κ3) is 5.14. The molecule has 27 heavy (non-hydrogen) atoms. The normalized spacial score (nSPS) is 14.1. The summed E-state index contributed by atoms with van der Waals surface area (Å²) in [6, 6.07) is 13.3. The maximum absolute atomic E-state index is 13.2. The quantitative estimate of drug-likeness (QED) is 0.879. The number of hydrogen-bond acceptors (Lipinski definition) is 3. The first-order valence-corrected chi connectivity index (χ1v) is 9.12. The summed E-state index contributed by atoms with van der Waals surface area (Å²) in [6.45, 7) is 5.12. The fraction of sp³-hybridized carbons (Fsp3) is 0.333. The second kappa shape index (κ2) is 8.77. The topological polar surface area (TPSA) is 52.7 Å². The van der Waals surface area contributed by atoms with Gasteiger partial charge in [0.05, 0.1) is 0 Å². The van der Waals surface area contributed by atoms with Crippen molar-refractivity contribution in [2.75, 3.05) is 32.7 Å². The Hall–Kier alpha value is -2.73. The average Bonchev–Trinajstić information content (AvgIpc) is 2.68. The number of nitrogens with zero attached hydrogens (tertiary/aromatic N) is 2. The Kier molecular flexibility index (Phi) is 6.19. The molecule has 0 unspecified atom stereocenters. The summed E-state index contributed by atoms with van der Waals surface area (Å²) in [5.41, 5.74) is 2.42. The molecule has 6 heteroatoms. The molecular formula is C21H24FN3O2. The maximum Gasteiger partial charge on any atom is 0.254 e. The predicted octanol–water partition coefficient (Wildman–Crippen LogP) is 2.21. The van der Waals surface area contributed by atoms with Crippen molar-refractivity contribution in [2.24, 2.45) is 0 Å². The first kappa shape index (κ1) is 19.0. The summed E-state index contributed by atoms with van der Waals surface area (Å²) in [4.78, 5) is 29.0. The van der Waals surface area contributed by atoms with Crippen LogP contribution in [0.1, 0.15) is 21.5 Å². The first-order chi connectivity index (χ1) is 13.0. The van der Waals surface area contributed by atoms with Crippen LogP contribution in [0.25, 0.3) is 0 Å². The largest absolute Gasteiger partial charge is 0.339 e. The van der Waals surface area contributed by atoms with E-state index in [9.17, 15) is 14.0 Å². The van der Waals surface area contributed by atoms with E-state index >= 15 is 0 Å². The molecule has 5 nitrogen and oxygen atoms in total. The number of halogens is 1. The molecule has 1 saturated heterocycles. The summed E-state index contributed by atoms with van der Waals surface area (Å²) in [7, 11) is 0. The van der Waals surface area contributed by atoms with E-state index in [4.69, 9.17) is 0 Å². The fourth-order valence-corrected chi connectivity index (χ4v) is 3.18. The van der Waals surface area contributed by atoms with Crippen molar-refractivity contribution >= 4 is 11.8 Å². The molecule has 1 aliphatic rings. The van der Waals surface area contributed by atoms with E-state index < -0.39 is 5.82 Å². The minimum Gasteiger partial charge on any atom is -0.339 e. The number of rotatable bonds is 5. The van der Waals surface area contributed by atoms with E-state index in [-0.39, 0.29) is 18.4 Å². The van der Waals surface area contributed by atoms with E-state index in [1.165, 1.54) is 29.2 Å². The van der Waals surface area contributed by atoms with Gasteiger partial charge in [-0.3, -0.25) is 9.59 Å². The van der Waals surface area contributed by atoms with Gasteiger partial charge in [-0.25, -0.2) is 4.39 Å². The Morgan fingerprint density at radius 1 is 1.11 bits per heavy atom. The summed E-state index contributed by atoms with van der Waals surface area (Å²) in [6.07, 6.45) is 0. The highest BCUT2D eigenvalue weighted by atomic mass is 19.1. The molecule has 2 amide bonds. The van der Waals surface area contributed by atoms with Crippen molar-refractivity contribution in [1.82, 2.24) is 15.1 Å². The Labute approximate surface area is 158 Å². The number of carbonyl (C=O) groups excluding carboxylic acids is 2. The van der Waals surface area contributed by atoms with E-state index in [0.717, 1.165) is 24.2 Å². The van der Waals surface area contributed by atoms with Crippen LogP contribution in [0, 0.1) is 12.7 Å². The molecular weight excluding hydrogens is 345 g/mol. The molecule has 0 atom stereocenters. The molecule has 1 aliphatic heterocycles. The van der Waals surface area contributed by atoms with Crippen molar-refractivity contribution in [1.29, 1.82) is 0 Å². The molecule has 0 spiro atoms. The van der Waals surface area contributed by atoms with Crippen molar-refractivity contribution < 1.29 is 14.0 Å². The van der Waals surface area contributed by atoms with Gasteiger partial charge in [-0.05, 0) is 36.8 Å². The highest BCUT2D eigenvalue weighted by Crippen LogP contribution is 2.13. The molecule has 1 fully saturated rings. The van der Waals surface area contributed by atoms with Crippen LogP contribution in [-0.4, -0.2) is 54.3 Å². The van der Waals surface area contributed by atoms with Crippen LogP contribution >= 0.6 is 0 Å². The van der Waals surface area contributed by atoms with Gasteiger partial charge in [-0.2, -0.15) is 0 Å². The highest BCUT2D eigenvalue weighted by molar-refractivity contribution is 5.96. The molecule has 2 aromatic rings. The molecule has 0 aliphatic carbocycles. The molecule has 0 saturated carbocycles. The van der Waals surface area contributed by atoms with Crippen LogP contribution < -0.4 is 5.32 Å².